The van der Waals surface area contributed by atoms with E-state index in [0.29, 0.717) is 48.9 Å². The van der Waals surface area contributed by atoms with Gasteiger partial charge in [0.1, 0.15) is 19.6 Å². The Morgan fingerprint density at radius 1 is 0.549 bits per heavy atom. The SMILES string of the molecule is CCN(CCOC(=O)CC(=O)OCCN(CC)c1ccc(N=Nc2ccc([N+](=O)[O-])cc2)cc1)c1ccc(N=Nc2ccc([N+](=O)[O-])cc2)cc1. The number of esters is 2. The number of non-ortho nitro benzene ring substituents is 2. The Morgan fingerprint density at radius 2 is 0.843 bits per heavy atom. The molecule has 16 nitrogen and oxygen atoms in total. The van der Waals surface area contributed by atoms with Crippen LogP contribution in [0.1, 0.15) is 20.3 Å². The zero-order valence-corrected chi connectivity index (χ0v) is 28.0. The molecule has 0 radical (unpaired) electrons. The topological polar surface area (TPSA) is 195 Å². The van der Waals surface area contributed by atoms with Crippen LogP contribution in [0.25, 0.3) is 0 Å². The zero-order valence-electron chi connectivity index (χ0n) is 28.0. The number of nitro groups is 2. The first-order valence-electron chi connectivity index (χ1n) is 16.0. The van der Waals surface area contributed by atoms with Crippen LogP contribution in [0.5, 0.6) is 0 Å². The number of anilines is 2. The second kappa shape index (κ2) is 18.8. The number of nitrogens with zero attached hydrogens (tertiary/aromatic N) is 8. The molecule has 0 aliphatic heterocycles. The van der Waals surface area contributed by atoms with Gasteiger partial charge in [0.25, 0.3) is 11.4 Å². The van der Waals surface area contributed by atoms with Gasteiger partial charge in [0, 0.05) is 48.7 Å². The van der Waals surface area contributed by atoms with Crippen molar-refractivity contribution in [1.82, 2.24) is 0 Å². The summed E-state index contributed by atoms with van der Waals surface area (Å²) in [5, 5.41) is 38.1. The van der Waals surface area contributed by atoms with Crippen molar-refractivity contribution in [3.63, 3.8) is 0 Å². The van der Waals surface area contributed by atoms with Crippen LogP contribution < -0.4 is 9.80 Å². The molecule has 0 spiro atoms. The highest BCUT2D eigenvalue weighted by atomic mass is 16.6. The van der Waals surface area contributed by atoms with Crippen LogP contribution in [0.3, 0.4) is 0 Å². The van der Waals surface area contributed by atoms with E-state index < -0.39 is 28.2 Å². The third-order valence-electron chi connectivity index (χ3n) is 7.41. The fourth-order valence-electron chi connectivity index (χ4n) is 4.67. The Labute approximate surface area is 293 Å². The fourth-order valence-corrected chi connectivity index (χ4v) is 4.67. The van der Waals surface area contributed by atoms with Crippen molar-refractivity contribution < 1.29 is 28.9 Å². The minimum atomic E-state index is -0.677. The van der Waals surface area contributed by atoms with E-state index in [1.54, 1.807) is 24.3 Å². The number of rotatable bonds is 18. The number of hydrogen-bond acceptors (Lipinski definition) is 14. The molecule has 0 saturated heterocycles. The van der Waals surface area contributed by atoms with Crippen LogP contribution in [-0.4, -0.2) is 61.2 Å². The zero-order chi connectivity index (χ0) is 36.6. The lowest BCUT2D eigenvalue weighted by atomic mass is 10.2. The molecule has 0 saturated carbocycles. The largest absolute Gasteiger partial charge is 0.463 e. The minimum Gasteiger partial charge on any atom is -0.463 e. The molecule has 0 aromatic heterocycles. The number of nitro benzene ring substituents is 2. The molecule has 51 heavy (non-hydrogen) atoms. The van der Waals surface area contributed by atoms with Crippen LogP contribution in [0.15, 0.2) is 118 Å². The summed E-state index contributed by atoms with van der Waals surface area (Å²) >= 11 is 0. The normalized spacial score (nSPS) is 11.0. The molecule has 0 amide bonds. The van der Waals surface area contributed by atoms with E-state index in [4.69, 9.17) is 9.47 Å². The first kappa shape index (κ1) is 37.2. The Morgan fingerprint density at radius 3 is 1.12 bits per heavy atom. The van der Waals surface area contributed by atoms with Crippen LogP contribution in [0.4, 0.5) is 45.5 Å². The van der Waals surface area contributed by atoms with E-state index in [2.05, 4.69) is 20.5 Å². The number of likely N-dealkylation sites (N-methyl/N-ethyl adjacent to an activating group) is 2. The van der Waals surface area contributed by atoms with Gasteiger partial charge in [-0.15, -0.1) is 0 Å². The third-order valence-corrected chi connectivity index (χ3v) is 7.41. The van der Waals surface area contributed by atoms with Gasteiger partial charge in [-0.2, -0.15) is 20.5 Å². The second-order valence-electron chi connectivity index (χ2n) is 10.8. The highest BCUT2D eigenvalue weighted by molar-refractivity contribution is 5.91. The van der Waals surface area contributed by atoms with Crippen molar-refractivity contribution in [2.24, 2.45) is 20.5 Å². The van der Waals surface area contributed by atoms with Crippen molar-refractivity contribution in [1.29, 1.82) is 0 Å². The van der Waals surface area contributed by atoms with Gasteiger partial charge in [0.15, 0.2) is 0 Å². The summed E-state index contributed by atoms with van der Waals surface area (Å²) in [5.41, 5.74) is 3.88. The maximum absolute atomic E-state index is 12.3. The lowest BCUT2D eigenvalue weighted by molar-refractivity contribution is -0.385. The maximum atomic E-state index is 12.3. The van der Waals surface area contributed by atoms with Gasteiger partial charge in [-0.3, -0.25) is 29.8 Å². The van der Waals surface area contributed by atoms with E-state index >= 15 is 0 Å². The molecule has 4 aromatic rings. The van der Waals surface area contributed by atoms with Gasteiger partial charge in [-0.1, -0.05) is 0 Å². The molecular formula is C35H36N8O8. The molecule has 264 valence electrons. The monoisotopic (exact) mass is 696 g/mol. The van der Waals surface area contributed by atoms with Crippen molar-refractivity contribution >= 4 is 57.4 Å². The smallest absolute Gasteiger partial charge is 0.317 e. The molecule has 0 N–H and O–H groups in total. The molecule has 0 unspecified atom stereocenters. The Bertz CT molecular complexity index is 1700. The molecule has 4 aromatic carbocycles. The van der Waals surface area contributed by atoms with E-state index in [1.807, 2.05) is 47.9 Å². The van der Waals surface area contributed by atoms with E-state index in [0.717, 1.165) is 11.4 Å². The number of carbonyl (C=O) groups excluding carboxylic acids is 2. The van der Waals surface area contributed by atoms with Crippen molar-refractivity contribution in [3.8, 4) is 0 Å². The van der Waals surface area contributed by atoms with Crippen molar-refractivity contribution in [3.05, 3.63) is 117 Å². The predicted molar refractivity (Wildman–Crippen MR) is 190 cm³/mol. The van der Waals surface area contributed by atoms with Crippen LogP contribution >= 0.6 is 0 Å². The Hall–Kier alpha value is -6.58. The first-order chi connectivity index (χ1) is 24.6. The Kier molecular flexibility index (Phi) is 13.7. The van der Waals surface area contributed by atoms with Crippen LogP contribution in [0, 0.1) is 20.2 Å². The lowest BCUT2D eigenvalue weighted by Crippen LogP contribution is -2.29. The number of hydrogen-bond donors (Lipinski definition) is 0. The van der Waals surface area contributed by atoms with Gasteiger partial charge in [-0.05, 0) is 86.6 Å². The highest BCUT2D eigenvalue weighted by Gasteiger charge is 2.14. The molecule has 0 aliphatic carbocycles. The van der Waals surface area contributed by atoms with Gasteiger partial charge in [0.05, 0.1) is 45.7 Å². The number of carbonyl (C=O) groups is 2. The van der Waals surface area contributed by atoms with E-state index in [-0.39, 0.29) is 24.6 Å². The minimum absolute atomic E-state index is 0.0227. The molecule has 4 rings (SSSR count). The van der Waals surface area contributed by atoms with Gasteiger partial charge < -0.3 is 19.3 Å². The fraction of sp³-hybridized carbons (Fsp3) is 0.257. The summed E-state index contributed by atoms with van der Waals surface area (Å²) in [7, 11) is 0. The molecule has 0 bridgehead atoms. The maximum Gasteiger partial charge on any atom is 0.317 e. The number of benzene rings is 4. The second-order valence-corrected chi connectivity index (χ2v) is 10.8. The Balaban J connectivity index is 1.15. The summed E-state index contributed by atoms with van der Waals surface area (Å²) in [5.74, 6) is -1.35. The molecule has 0 heterocycles. The summed E-state index contributed by atoms with van der Waals surface area (Å²) in [6.07, 6.45) is -0.499. The standard InChI is InChI=1S/C35H36N8O8/c1-3-40(30-13-5-26(6-14-30)36-38-28-9-17-32(18-10-28)42(46)47)21-23-50-34(44)25-35(45)51-24-22-41(4-2)31-15-7-27(8-16-31)37-39-29-11-19-33(20-12-29)43(48)49/h5-20H,3-4,21-25H2,1-2H3. The summed E-state index contributed by atoms with van der Waals surface area (Å²) < 4.78 is 10.6. The third kappa shape index (κ3) is 11.8. The predicted octanol–water partition coefficient (Wildman–Crippen LogP) is 8.16. The summed E-state index contributed by atoms with van der Waals surface area (Å²) in [4.78, 5) is 49.2. The molecule has 0 fully saturated rings. The molecule has 16 heteroatoms. The summed E-state index contributed by atoms with van der Waals surface area (Å²) in [6, 6.07) is 26.1. The van der Waals surface area contributed by atoms with Crippen LogP contribution in [-0.2, 0) is 19.1 Å². The van der Waals surface area contributed by atoms with Crippen molar-refractivity contribution in [2.45, 2.75) is 20.3 Å². The number of ether oxygens (including phenoxy) is 2. The van der Waals surface area contributed by atoms with Crippen LogP contribution in [0.2, 0.25) is 0 Å². The highest BCUT2D eigenvalue weighted by Crippen LogP contribution is 2.25. The van der Waals surface area contributed by atoms with Crippen molar-refractivity contribution in [2.75, 3.05) is 49.2 Å². The molecule has 0 atom stereocenters. The van der Waals surface area contributed by atoms with E-state index in [1.165, 1.54) is 48.5 Å². The molecule has 0 aliphatic rings. The first-order valence-corrected chi connectivity index (χ1v) is 16.0. The van der Waals surface area contributed by atoms with Gasteiger partial charge in [-0.25, -0.2) is 0 Å². The lowest BCUT2D eigenvalue weighted by Gasteiger charge is -2.23. The molecular weight excluding hydrogens is 660 g/mol. The number of azo groups is 2. The van der Waals surface area contributed by atoms with Gasteiger partial charge in [0.2, 0.25) is 0 Å². The average Bonchev–Trinajstić information content (AvgIpc) is 3.14. The van der Waals surface area contributed by atoms with E-state index in [9.17, 15) is 29.8 Å². The summed E-state index contributed by atoms with van der Waals surface area (Å²) in [6.45, 7) is 6.19. The quantitative estimate of drug-likeness (QED) is 0.0322. The average molecular weight is 697 g/mol. The van der Waals surface area contributed by atoms with Gasteiger partial charge >= 0.3 is 11.9 Å².